The number of hydrogen-bond donors (Lipinski definition) is 1. The van der Waals surface area contributed by atoms with E-state index in [0.717, 1.165) is 5.56 Å². The first-order valence-corrected chi connectivity index (χ1v) is 12.4. The molecule has 7 heteroatoms. The first-order valence-electron chi connectivity index (χ1n) is 12.4. The van der Waals surface area contributed by atoms with Crippen LogP contribution in [0.25, 0.3) is 0 Å². The van der Waals surface area contributed by atoms with Gasteiger partial charge in [0.05, 0.1) is 12.2 Å². The molecule has 5 rings (SSSR count). The van der Waals surface area contributed by atoms with Crippen molar-refractivity contribution in [3.05, 3.63) is 95.6 Å². The molecule has 37 heavy (non-hydrogen) atoms. The van der Waals surface area contributed by atoms with Gasteiger partial charge in [0.2, 0.25) is 0 Å². The number of rotatable bonds is 5. The van der Waals surface area contributed by atoms with Crippen LogP contribution in [0.4, 0.5) is 10.5 Å². The summed E-state index contributed by atoms with van der Waals surface area (Å²) in [7, 11) is 0. The molecule has 0 spiro atoms. The van der Waals surface area contributed by atoms with E-state index in [0.29, 0.717) is 22.6 Å². The van der Waals surface area contributed by atoms with Gasteiger partial charge < -0.3 is 19.7 Å². The molecule has 2 aliphatic heterocycles. The van der Waals surface area contributed by atoms with Gasteiger partial charge in [-0.2, -0.15) is 0 Å². The number of benzene rings is 3. The Hall–Kier alpha value is -4.13. The summed E-state index contributed by atoms with van der Waals surface area (Å²) in [5.41, 5.74) is -1.50. The largest absolute Gasteiger partial charge is 0.444 e. The molecule has 3 aromatic carbocycles. The minimum atomic E-state index is -1.79. The average Bonchev–Trinajstić information content (AvgIpc) is 3.28. The molecule has 0 aromatic heterocycles. The van der Waals surface area contributed by atoms with E-state index in [2.05, 4.69) is 5.32 Å². The molecule has 2 aliphatic rings. The van der Waals surface area contributed by atoms with Crippen LogP contribution in [0.3, 0.4) is 0 Å². The fraction of sp³-hybridized carbons (Fsp3) is 0.300. The maximum atomic E-state index is 14.7. The van der Waals surface area contributed by atoms with Crippen molar-refractivity contribution in [1.29, 1.82) is 0 Å². The molecule has 0 aliphatic carbocycles. The van der Waals surface area contributed by atoms with Crippen LogP contribution in [0.15, 0.2) is 78.9 Å². The fourth-order valence-corrected chi connectivity index (χ4v) is 5.63. The first kappa shape index (κ1) is 24.6. The number of nitrogens with zero attached hydrogens (tertiary/aromatic N) is 1. The van der Waals surface area contributed by atoms with Crippen LogP contribution >= 0.6 is 0 Å². The highest BCUT2D eigenvalue weighted by Gasteiger charge is 2.71. The van der Waals surface area contributed by atoms with Gasteiger partial charge in [0.1, 0.15) is 16.8 Å². The van der Waals surface area contributed by atoms with Gasteiger partial charge >= 0.3 is 12.1 Å². The molecule has 0 radical (unpaired) electrons. The Labute approximate surface area is 216 Å². The summed E-state index contributed by atoms with van der Waals surface area (Å²) in [6, 6.07) is 24.0. The van der Waals surface area contributed by atoms with Crippen LogP contribution < -0.4 is 15.0 Å². The lowest BCUT2D eigenvalue weighted by molar-refractivity contribution is -0.146. The second-order valence-corrected chi connectivity index (χ2v) is 10.4. The molecule has 190 valence electrons. The van der Waals surface area contributed by atoms with Crippen LogP contribution in [-0.4, -0.2) is 23.6 Å². The Morgan fingerprint density at radius 3 is 2.22 bits per heavy atom. The van der Waals surface area contributed by atoms with Crippen molar-refractivity contribution >= 4 is 23.7 Å². The SMILES string of the molecule is CCC1(C2(NC(=O)OC(C)(C)C)C(=O)N(Cc3ccccc3)c3ccccc32)C(=O)Oc2ccccc21. The number of carbonyl (C=O) groups is 3. The zero-order valence-electron chi connectivity index (χ0n) is 21.4. The maximum absolute atomic E-state index is 14.7. The topological polar surface area (TPSA) is 84.9 Å². The highest BCUT2D eigenvalue weighted by molar-refractivity contribution is 6.14. The van der Waals surface area contributed by atoms with E-state index in [1.807, 2.05) is 49.4 Å². The Balaban J connectivity index is 1.77. The molecular weight excluding hydrogens is 468 g/mol. The molecule has 2 unspecified atom stereocenters. The van der Waals surface area contributed by atoms with Gasteiger partial charge in [0, 0.05) is 11.1 Å². The standard InChI is InChI=1S/C30H30N2O5/c1-5-29(22-16-10-12-18-24(22)36-26(29)34)30(31-27(35)37-28(2,3)4)21-15-9-11-17-23(21)32(25(30)33)19-20-13-7-6-8-14-20/h6-18H,5,19H2,1-4H3,(H,31,35). The molecule has 2 heterocycles. The van der Waals surface area contributed by atoms with Crippen LogP contribution in [0.5, 0.6) is 5.75 Å². The van der Waals surface area contributed by atoms with E-state index < -0.39 is 34.5 Å². The number of amides is 2. The lowest BCUT2D eigenvalue weighted by Gasteiger charge is -2.43. The molecule has 0 fully saturated rings. The van der Waals surface area contributed by atoms with E-state index in [1.165, 1.54) is 0 Å². The second-order valence-electron chi connectivity index (χ2n) is 10.4. The summed E-state index contributed by atoms with van der Waals surface area (Å²) >= 11 is 0. The van der Waals surface area contributed by atoms with Crippen molar-refractivity contribution in [2.24, 2.45) is 0 Å². The normalized spacial score (nSPS) is 22.3. The third kappa shape index (κ3) is 3.68. The van der Waals surface area contributed by atoms with Gasteiger partial charge in [-0.25, -0.2) is 4.79 Å². The van der Waals surface area contributed by atoms with E-state index >= 15 is 0 Å². The minimum Gasteiger partial charge on any atom is -0.444 e. The van der Waals surface area contributed by atoms with Crippen molar-refractivity contribution in [2.45, 2.75) is 57.2 Å². The van der Waals surface area contributed by atoms with Crippen LogP contribution in [0.1, 0.15) is 50.8 Å². The maximum Gasteiger partial charge on any atom is 0.408 e. The zero-order chi connectivity index (χ0) is 26.4. The van der Waals surface area contributed by atoms with Crippen molar-refractivity contribution < 1.29 is 23.9 Å². The highest BCUT2D eigenvalue weighted by Crippen LogP contribution is 2.58. The predicted octanol–water partition coefficient (Wildman–Crippen LogP) is 5.22. The van der Waals surface area contributed by atoms with Gasteiger partial charge in [0.15, 0.2) is 5.54 Å². The third-order valence-corrected chi connectivity index (χ3v) is 7.11. The monoisotopic (exact) mass is 498 g/mol. The number of esters is 1. The van der Waals surface area contributed by atoms with E-state index in [9.17, 15) is 14.4 Å². The number of carbonyl (C=O) groups excluding carboxylic acids is 3. The molecule has 7 nitrogen and oxygen atoms in total. The Bertz CT molecular complexity index is 1380. The summed E-state index contributed by atoms with van der Waals surface area (Å²) in [5, 5.41) is 2.92. The zero-order valence-corrected chi connectivity index (χ0v) is 21.4. The summed E-state index contributed by atoms with van der Waals surface area (Å²) in [5.74, 6) is -0.623. The molecule has 2 amide bonds. The van der Waals surface area contributed by atoms with E-state index in [-0.39, 0.29) is 13.0 Å². The smallest absolute Gasteiger partial charge is 0.408 e. The summed E-state index contributed by atoms with van der Waals surface area (Å²) in [6.45, 7) is 7.35. The fourth-order valence-electron chi connectivity index (χ4n) is 5.63. The highest BCUT2D eigenvalue weighted by atomic mass is 16.6. The lowest BCUT2D eigenvalue weighted by Crippen LogP contribution is -2.67. The van der Waals surface area contributed by atoms with Crippen molar-refractivity contribution in [1.82, 2.24) is 5.32 Å². The molecule has 0 saturated carbocycles. The van der Waals surface area contributed by atoms with Crippen LogP contribution in [0, 0.1) is 0 Å². The molecule has 2 atom stereocenters. The molecule has 3 aromatic rings. The average molecular weight is 499 g/mol. The van der Waals surface area contributed by atoms with Gasteiger partial charge in [0.25, 0.3) is 5.91 Å². The minimum absolute atomic E-state index is 0.206. The van der Waals surface area contributed by atoms with Crippen molar-refractivity contribution in [3.63, 3.8) is 0 Å². The first-order chi connectivity index (χ1) is 17.6. The second kappa shape index (κ2) is 8.76. The summed E-state index contributed by atoms with van der Waals surface area (Å²) in [6.07, 6.45) is -0.583. The van der Waals surface area contributed by atoms with Gasteiger partial charge in [-0.3, -0.25) is 9.59 Å². The van der Waals surface area contributed by atoms with Crippen LogP contribution in [-0.2, 0) is 31.8 Å². The van der Waals surface area contributed by atoms with Gasteiger partial charge in [-0.05, 0) is 44.9 Å². The van der Waals surface area contributed by atoms with E-state index in [4.69, 9.17) is 9.47 Å². The summed E-state index contributed by atoms with van der Waals surface area (Å²) in [4.78, 5) is 43.7. The van der Waals surface area contributed by atoms with Crippen molar-refractivity contribution in [2.75, 3.05) is 4.90 Å². The number of fused-ring (bicyclic) bond motifs is 2. The number of alkyl carbamates (subject to hydrolysis) is 1. The number of ether oxygens (including phenoxy) is 2. The molecule has 0 bridgehead atoms. The third-order valence-electron chi connectivity index (χ3n) is 7.11. The van der Waals surface area contributed by atoms with Crippen molar-refractivity contribution in [3.8, 4) is 5.75 Å². The van der Waals surface area contributed by atoms with Gasteiger partial charge in [-0.15, -0.1) is 0 Å². The van der Waals surface area contributed by atoms with Gasteiger partial charge in [-0.1, -0.05) is 73.7 Å². The Kier molecular flexibility index (Phi) is 5.82. The molecule has 1 N–H and O–H groups in total. The Morgan fingerprint density at radius 2 is 1.54 bits per heavy atom. The number of nitrogens with one attached hydrogen (secondary N) is 1. The van der Waals surface area contributed by atoms with Crippen LogP contribution in [0.2, 0.25) is 0 Å². The summed E-state index contributed by atoms with van der Waals surface area (Å²) < 4.78 is 11.4. The molecular formula is C30H30N2O5. The Morgan fingerprint density at radius 1 is 0.919 bits per heavy atom. The quantitative estimate of drug-likeness (QED) is 0.385. The number of hydrogen-bond acceptors (Lipinski definition) is 5. The van der Waals surface area contributed by atoms with E-state index in [1.54, 1.807) is 62.1 Å². The number of anilines is 1. The lowest BCUT2D eigenvalue weighted by atomic mass is 9.61. The predicted molar refractivity (Wildman–Crippen MR) is 139 cm³/mol. The molecule has 0 saturated heterocycles. The number of para-hydroxylation sites is 2.